The number of morpholine rings is 1. The van der Waals surface area contributed by atoms with Crippen LogP contribution in [0.15, 0.2) is 24.3 Å². The fourth-order valence-electron chi connectivity index (χ4n) is 5.26. The number of ether oxygens (including phenoxy) is 2. The van der Waals surface area contributed by atoms with Gasteiger partial charge in [-0.3, -0.25) is 14.5 Å². The molecule has 3 heterocycles. The molecule has 3 fully saturated rings. The highest BCUT2D eigenvalue weighted by molar-refractivity contribution is 5.84. The van der Waals surface area contributed by atoms with Gasteiger partial charge in [-0.1, -0.05) is 12.1 Å². The summed E-state index contributed by atoms with van der Waals surface area (Å²) in [5.41, 5.74) is 0.767. The van der Waals surface area contributed by atoms with E-state index in [1.54, 1.807) is 24.1 Å². The van der Waals surface area contributed by atoms with Crippen LogP contribution in [0.1, 0.15) is 37.3 Å². The van der Waals surface area contributed by atoms with Gasteiger partial charge in [-0.05, 0) is 37.0 Å². The van der Waals surface area contributed by atoms with Crippen molar-refractivity contribution < 1.29 is 23.5 Å². The maximum atomic E-state index is 13.5. The van der Waals surface area contributed by atoms with Gasteiger partial charge in [0.05, 0.1) is 25.2 Å². The Morgan fingerprint density at radius 3 is 2.47 bits per heavy atom. The topological polar surface area (TPSA) is 71.1 Å². The first-order valence-electron chi connectivity index (χ1n) is 11.6. The minimum atomic E-state index is -0.387. The van der Waals surface area contributed by atoms with E-state index in [4.69, 9.17) is 9.47 Å². The average molecular weight is 448 g/mol. The maximum absolute atomic E-state index is 13.5. The first kappa shape index (κ1) is 23.1. The predicted molar refractivity (Wildman–Crippen MR) is 117 cm³/mol. The van der Waals surface area contributed by atoms with Gasteiger partial charge in [0.2, 0.25) is 11.8 Å². The quantitative estimate of drug-likeness (QED) is 0.722. The summed E-state index contributed by atoms with van der Waals surface area (Å²) >= 11 is 0. The second-order valence-corrected chi connectivity index (χ2v) is 9.36. The van der Waals surface area contributed by atoms with Crippen molar-refractivity contribution in [2.45, 2.75) is 31.7 Å². The lowest BCUT2D eigenvalue weighted by atomic mass is 9.78. The third kappa shape index (κ3) is 5.30. The summed E-state index contributed by atoms with van der Waals surface area (Å²) in [6.07, 6.45) is 2.67. The summed E-state index contributed by atoms with van der Waals surface area (Å²) in [7, 11) is 1.73. The van der Waals surface area contributed by atoms with Crippen LogP contribution < -0.4 is 5.32 Å². The van der Waals surface area contributed by atoms with Crippen LogP contribution in [-0.2, 0) is 19.1 Å². The van der Waals surface area contributed by atoms with E-state index in [-0.39, 0.29) is 35.0 Å². The molecule has 0 spiro atoms. The number of benzene rings is 1. The summed E-state index contributed by atoms with van der Waals surface area (Å²) in [6, 6.07) is 5.73. The third-order valence-corrected chi connectivity index (χ3v) is 7.26. The van der Waals surface area contributed by atoms with E-state index < -0.39 is 0 Å². The second kappa shape index (κ2) is 10.3. The molecule has 1 aromatic rings. The maximum Gasteiger partial charge on any atom is 0.225 e. The molecule has 7 nitrogen and oxygen atoms in total. The van der Waals surface area contributed by atoms with Gasteiger partial charge in [-0.2, -0.15) is 0 Å². The average Bonchev–Trinajstić information content (AvgIpc) is 2.81. The van der Waals surface area contributed by atoms with E-state index in [0.717, 1.165) is 51.3 Å². The number of halogens is 1. The standard InChI is InChI=1S/C24H34FN3O4/c1-27-21(29)7-6-20(22(27)18-2-4-19(25)5-3-18)23(30)26-16-24(8-12-31-13-9-24)17-28-10-14-32-15-11-28/h2-5,20,22H,6-17H2,1H3,(H,26,30). The summed E-state index contributed by atoms with van der Waals surface area (Å²) in [6.45, 7) is 6.26. The van der Waals surface area contributed by atoms with Crippen LogP contribution in [0.4, 0.5) is 4.39 Å². The minimum absolute atomic E-state index is 0.0107. The normalized spacial score (nSPS) is 26.7. The zero-order valence-corrected chi connectivity index (χ0v) is 18.9. The number of hydrogen-bond acceptors (Lipinski definition) is 5. The number of nitrogens with zero attached hydrogens (tertiary/aromatic N) is 2. The molecule has 2 unspecified atom stereocenters. The number of likely N-dealkylation sites (tertiary alicyclic amines) is 1. The Hall–Kier alpha value is -2.03. The highest BCUT2D eigenvalue weighted by atomic mass is 19.1. The molecule has 1 aromatic carbocycles. The van der Waals surface area contributed by atoms with Crippen LogP contribution in [0.2, 0.25) is 0 Å². The molecular weight excluding hydrogens is 413 g/mol. The number of nitrogens with one attached hydrogen (secondary N) is 1. The lowest BCUT2D eigenvalue weighted by molar-refractivity contribution is -0.142. The molecule has 0 radical (unpaired) electrons. The number of amides is 2. The monoisotopic (exact) mass is 447 g/mol. The van der Waals surface area contributed by atoms with Gasteiger partial charge in [-0.25, -0.2) is 4.39 Å². The molecule has 3 aliphatic heterocycles. The molecule has 0 aliphatic carbocycles. The van der Waals surface area contributed by atoms with Gasteiger partial charge in [0.25, 0.3) is 0 Å². The molecule has 0 saturated carbocycles. The van der Waals surface area contributed by atoms with Crippen molar-refractivity contribution in [1.82, 2.24) is 15.1 Å². The number of carbonyl (C=O) groups is 2. The molecule has 2 amide bonds. The van der Waals surface area contributed by atoms with Crippen LogP contribution in [0.5, 0.6) is 0 Å². The summed E-state index contributed by atoms with van der Waals surface area (Å²) in [5.74, 6) is -0.712. The van der Waals surface area contributed by atoms with Crippen LogP contribution in [-0.4, -0.2) is 81.3 Å². The predicted octanol–water partition coefficient (Wildman–Crippen LogP) is 1.98. The highest BCUT2D eigenvalue weighted by Crippen LogP contribution is 2.37. The summed E-state index contributed by atoms with van der Waals surface area (Å²) in [5, 5.41) is 3.23. The number of hydrogen-bond donors (Lipinski definition) is 1. The molecular formula is C24H34FN3O4. The summed E-state index contributed by atoms with van der Waals surface area (Å²) in [4.78, 5) is 29.8. The Kier molecular flexibility index (Phi) is 7.43. The molecule has 1 N–H and O–H groups in total. The Morgan fingerprint density at radius 1 is 1.12 bits per heavy atom. The van der Waals surface area contributed by atoms with Crippen LogP contribution in [0.3, 0.4) is 0 Å². The van der Waals surface area contributed by atoms with Crippen molar-refractivity contribution >= 4 is 11.8 Å². The first-order valence-corrected chi connectivity index (χ1v) is 11.6. The lowest BCUT2D eigenvalue weighted by Gasteiger charge is -2.43. The molecule has 4 rings (SSSR count). The van der Waals surface area contributed by atoms with Gasteiger partial charge >= 0.3 is 0 Å². The third-order valence-electron chi connectivity index (χ3n) is 7.26. The molecule has 0 bridgehead atoms. The molecule has 176 valence electrons. The van der Waals surface area contributed by atoms with E-state index in [0.29, 0.717) is 32.6 Å². The Balaban J connectivity index is 1.46. The minimum Gasteiger partial charge on any atom is -0.381 e. The zero-order chi connectivity index (χ0) is 22.6. The van der Waals surface area contributed by atoms with Crippen molar-refractivity contribution in [3.05, 3.63) is 35.6 Å². The van der Waals surface area contributed by atoms with Gasteiger partial charge in [0.15, 0.2) is 0 Å². The van der Waals surface area contributed by atoms with Gasteiger partial charge in [0, 0.05) is 58.3 Å². The van der Waals surface area contributed by atoms with E-state index in [9.17, 15) is 14.0 Å². The number of rotatable bonds is 6. The van der Waals surface area contributed by atoms with Crippen LogP contribution in [0.25, 0.3) is 0 Å². The largest absolute Gasteiger partial charge is 0.381 e. The van der Waals surface area contributed by atoms with E-state index in [1.165, 1.54) is 12.1 Å². The Morgan fingerprint density at radius 2 is 1.78 bits per heavy atom. The lowest BCUT2D eigenvalue weighted by Crippen LogP contribution is -2.53. The highest BCUT2D eigenvalue weighted by Gasteiger charge is 2.41. The molecule has 8 heteroatoms. The van der Waals surface area contributed by atoms with Crippen LogP contribution >= 0.6 is 0 Å². The van der Waals surface area contributed by atoms with Crippen molar-refractivity contribution in [2.75, 3.05) is 59.7 Å². The fourth-order valence-corrected chi connectivity index (χ4v) is 5.26. The summed E-state index contributed by atoms with van der Waals surface area (Å²) < 4.78 is 24.6. The molecule has 3 saturated heterocycles. The SMILES string of the molecule is CN1C(=O)CCC(C(=O)NCC2(CN3CCOCC3)CCOCC2)C1c1ccc(F)cc1. The van der Waals surface area contributed by atoms with Crippen molar-refractivity contribution in [1.29, 1.82) is 0 Å². The van der Waals surface area contributed by atoms with Gasteiger partial charge in [-0.15, -0.1) is 0 Å². The van der Waals surface area contributed by atoms with Crippen molar-refractivity contribution in [3.8, 4) is 0 Å². The number of piperidine rings is 1. The smallest absolute Gasteiger partial charge is 0.225 e. The molecule has 0 aromatic heterocycles. The van der Waals surface area contributed by atoms with Gasteiger partial charge < -0.3 is 19.7 Å². The molecule has 3 aliphatic rings. The second-order valence-electron chi connectivity index (χ2n) is 9.36. The first-order chi connectivity index (χ1) is 15.5. The zero-order valence-electron chi connectivity index (χ0n) is 18.9. The Labute approximate surface area is 189 Å². The van der Waals surface area contributed by atoms with Crippen molar-refractivity contribution in [2.24, 2.45) is 11.3 Å². The van der Waals surface area contributed by atoms with Gasteiger partial charge in [0.1, 0.15) is 5.82 Å². The van der Waals surface area contributed by atoms with Crippen molar-refractivity contribution in [3.63, 3.8) is 0 Å². The Bertz CT molecular complexity index is 791. The van der Waals surface area contributed by atoms with Crippen LogP contribution in [0, 0.1) is 17.2 Å². The van der Waals surface area contributed by atoms with E-state index >= 15 is 0 Å². The molecule has 2 atom stereocenters. The number of carbonyl (C=O) groups excluding carboxylic acids is 2. The molecule has 32 heavy (non-hydrogen) atoms. The van der Waals surface area contributed by atoms with E-state index in [2.05, 4.69) is 10.2 Å². The van der Waals surface area contributed by atoms with E-state index in [1.807, 2.05) is 0 Å². The fraction of sp³-hybridized carbons (Fsp3) is 0.667.